The van der Waals surface area contributed by atoms with E-state index in [9.17, 15) is 14.3 Å². The van der Waals surface area contributed by atoms with Crippen LogP contribution in [0, 0.1) is 5.82 Å². The fourth-order valence-electron chi connectivity index (χ4n) is 3.68. The predicted molar refractivity (Wildman–Crippen MR) is 120 cm³/mol. The highest BCUT2D eigenvalue weighted by molar-refractivity contribution is 5.74. The van der Waals surface area contributed by atoms with Crippen LogP contribution in [0.1, 0.15) is 24.0 Å². The molecule has 172 valence electrons. The van der Waals surface area contributed by atoms with Crippen LogP contribution >= 0.6 is 0 Å². The number of nitrogens with zero attached hydrogens (tertiary/aromatic N) is 2. The van der Waals surface area contributed by atoms with Gasteiger partial charge in [0.15, 0.2) is 0 Å². The second-order valence-electron chi connectivity index (χ2n) is 7.83. The Kier molecular flexibility index (Phi) is 7.36. The highest BCUT2D eigenvalue weighted by Gasteiger charge is 2.23. The van der Waals surface area contributed by atoms with Crippen LogP contribution in [0.5, 0.6) is 17.4 Å². The maximum absolute atomic E-state index is 13.5. The molecule has 0 aliphatic carbocycles. The smallest absolute Gasteiger partial charge is 0.318 e. The van der Waals surface area contributed by atoms with Crippen LogP contribution in [-0.2, 0) is 17.8 Å². The average molecular weight is 451 g/mol. The number of phenols is 1. The Bertz CT molecular complexity index is 1090. The lowest BCUT2D eigenvalue weighted by Crippen LogP contribution is -2.43. The molecule has 1 aliphatic heterocycles. The largest absolute Gasteiger partial charge is 0.508 e. The molecular formula is C25H26FN3O4. The first-order chi connectivity index (χ1) is 16.1. The van der Waals surface area contributed by atoms with E-state index in [1.165, 1.54) is 12.1 Å². The van der Waals surface area contributed by atoms with Gasteiger partial charge in [-0.25, -0.2) is 14.2 Å². The van der Waals surface area contributed by atoms with Gasteiger partial charge < -0.3 is 24.8 Å². The maximum Gasteiger partial charge on any atom is 0.318 e. The molecule has 2 heterocycles. The van der Waals surface area contributed by atoms with Crippen molar-refractivity contribution in [2.24, 2.45) is 0 Å². The SMILES string of the molecule is O=C(NCc1cccnc1Oc1cccc(F)c1)N(Cc1ccccc1O)CC1CCCO1. The minimum atomic E-state index is -0.410. The lowest BCUT2D eigenvalue weighted by molar-refractivity contribution is 0.0792. The summed E-state index contributed by atoms with van der Waals surface area (Å²) in [5.41, 5.74) is 1.30. The summed E-state index contributed by atoms with van der Waals surface area (Å²) in [6, 6.07) is 16.0. The number of para-hydroxylation sites is 1. The normalized spacial score (nSPS) is 15.2. The molecule has 0 spiro atoms. The molecule has 1 atom stereocenters. The van der Waals surface area contributed by atoms with E-state index in [0.717, 1.165) is 12.8 Å². The number of rotatable bonds is 8. The van der Waals surface area contributed by atoms with Gasteiger partial charge in [0, 0.05) is 43.1 Å². The summed E-state index contributed by atoms with van der Waals surface area (Å²) in [5.74, 6) is 0.337. The summed E-state index contributed by atoms with van der Waals surface area (Å²) in [7, 11) is 0. The topological polar surface area (TPSA) is 83.9 Å². The Morgan fingerprint density at radius 1 is 1.18 bits per heavy atom. The van der Waals surface area contributed by atoms with Gasteiger partial charge in [-0.05, 0) is 37.1 Å². The molecule has 1 aliphatic rings. The van der Waals surface area contributed by atoms with Gasteiger partial charge in [-0.3, -0.25) is 0 Å². The van der Waals surface area contributed by atoms with Crippen LogP contribution in [-0.4, -0.2) is 40.3 Å². The van der Waals surface area contributed by atoms with E-state index in [4.69, 9.17) is 9.47 Å². The average Bonchev–Trinajstić information content (AvgIpc) is 3.32. The van der Waals surface area contributed by atoms with Crippen LogP contribution in [0.25, 0.3) is 0 Å². The van der Waals surface area contributed by atoms with E-state index in [2.05, 4.69) is 10.3 Å². The Balaban J connectivity index is 1.45. The highest BCUT2D eigenvalue weighted by atomic mass is 19.1. The van der Waals surface area contributed by atoms with Gasteiger partial charge in [-0.1, -0.05) is 30.3 Å². The van der Waals surface area contributed by atoms with E-state index < -0.39 is 5.82 Å². The van der Waals surface area contributed by atoms with Crippen molar-refractivity contribution in [3.05, 3.63) is 83.8 Å². The molecule has 1 fully saturated rings. The number of nitrogens with one attached hydrogen (secondary N) is 1. The number of hydrogen-bond donors (Lipinski definition) is 2. The third-order valence-electron chi connectivity index (χ3n) is 5.38. The van der Waals surface area contributed by atoms with Crippen molar-refractivity contribution in [1.29, 1.82) is 0 Å². The molecule has 2 N–H and O–H groups in total. The van der Waals surface area contributed by atoms with Gasteiger partial charge in [-0.2, -0.15) is 0 Å². The van der Waals surface area contributed by atoms with E-state index in [-0.39, 0.29) is 36.9 Å². The number of ether oxygens (including phenoxy) is 2. The Labute approximate surface area is 191 Å². The van der Waals surface area contributed by atoms with Crippen LogP contribution < -0.4 is 10.1 Å². The third-order valence-corrected chi connectivity index (χ3v) is 5.38. The molecule has 8 heteroatoms. The van der Waals surface area contributed by atoms with Gasteiger partial charge in [0.25, 0.3) is 0 Å². The number of pyridine rings is 1. The number of aromatic hydroxyl groups is 1. The molecule has 4 rings (SSSR count). The first-order valence-electron chi connectivity index (χ1n) is 10.9. The fraction of sp³-hybridized carbons (Fsp3) is 0.280. The van der Waals surface area contributed by atoms with Crippen molar-refractivity contribution in [1.82, 2.24) is 15.2 Å². The fourth-order valence-corrected chi connectivity index (χ4v) is 3.68. The lowest BCUT2D eigenvalue weighted by atomic mass is 10.1. The van der Waals surface area contributed by atoms with E-state index >= 15 is 0 Å². The first kappa shape index (κ1) is 22.5. The molecule has 0 bridgehead atoms. The Morgan fingerprint density at radius 2 is 2.03 bits per heavy atom. The summed E-state index contributed by atoms with van der Waals surface area (Å²) >= 11 is 0. The van der Waals surface area contributed by atoms with Gasteiger partial charge in [0.2, 0.25) is 5.88 Å². The zero-order valence-electron chi connectivity index (χ0n) is 18.1. The quantitative estimate of drug-likeness (QED) is 0.523. The molecule has 2 amide bonds. The van der Waals surface area contributed by atoms with E-state index in [1.807, 2.05) is 6.07 Å². The second kappa shape index (κ2) is 10.8. The number of amides is 2. The molecular weight excluding hydrogens is 425 g/mol. The zero-order valence-corrected chi connectivity index (χ0v) is 18.1. The van der Waals surface area contributed by atoms with Gasteiger partial charge in [0.1, 0.15) is 17.3 Å². The van der Waals surface area contributed by atoms with Gasteiger partial charge >= 0.3 is 6.03 Å². The van der Waals surface area contributed by atoms with Gasteiger partial charge in [-0.15, -0.1) is 0 Å². The monoisotopic (exact) mass is 451 g/mol. The number of aromatic nitrogens is 1. The lowest BCUT2D eigenvalue weighted by Gasteiger charge is -2.26. The molecule has 0 saturated carbocycles. The molecule has 0 radical (unpaired) electrons. The number of hydrogen-bond acceptors (Lipinski definition) is 5. The third kappa shape index (κ3) is 6.20. The van der Waals surface area contributed by atoms with Crippen molar-refractivity contribution in [3.63, 3.8) is 0 Å². The molecule has 7 nitrogen and oxygen atoms in total. The summed E-state index contributed by atoms with van der Waals surface area (Å²) < 4.78 is 24.9. The molecule has 1 saturated heterocycles. The highest BCUT2D eigenvalue weighted by Crippen LogP contribution is 2.24. The minimum Gasteiger partial charge on any atom is -0.508 e. The van der Waals surface area contributed by atoms with Crippen LogP contribution in [0.3, 0.4) is 0 Å². The van der Waals surface area contributed by atoms with E-state index in [1.54, 1.807) is 53.6 Å². The number of carbonyl (C=O) groups is 1. The standard InChI is InChI=1S/C25H26FN3O4/c26-20-8-3-9-21(14-20)33-24-18(7-4-12-27-24)15-28-25(31)29(17-22-10-5-13-32-22)16-19-6-1-2-11-23(19)30/h1-4,6-9,11-12,14,22,30H,5,10,13,15-17H2,(H,28,31). The van der Waals surface area contributed by atoms with Crippen molar-refractivity contribution < 1.29 is 23.8 Å². The van der Waals surface area contributed by atoms with E-state index in [0.29, 0.717) is 30.0 Å². The number of phenolic OH excluding ortho intramolecular Hbond substituents is 1. The maximum atomic E-state index is 13.5. The zero-order chi connectivity index (χ0) is 23.0. The van der Waals surface area contributed by atoms with Gasteiger partial charge in [0.05, 0.1) is 12.6 Å². The molecule has 33 heavy (non-hydrogen) atoms. The Morgan fingerprint density at radius 3 is 2.82 bits per heavy atom. The van der Waals surface area contributed by atoms with Crippen LogP contribution in [0.15, 0.2) is 66.9 Å². The van der Waals surface area contributed by atoms with Crippen molar-refractivity contribution in [2.75, 3.05) is 13.2 Å². The minimum absolute atomic E-state index is 0.0353. The molecule has 1 aromatic heterocycles. The predicted octanol–water partition coefficient (Wildman–Crippen LogP) is 4.61. The molecule has 2 aromatic carbocycles. The summed E-state index contributed by atoms with van der Waals surface area (Å²) in [6.07, 6.45) is 3.39. The van der Waals surface area contributed by atoms with Crippen molar-refractivity contribution in [3.8, 4) is 17.4 Å². The number of urea groups is 1. The first-order valence-corrected chi connectivity index (χ1v) is 10.9. The summed E-state index contributed by atoms with van der Waals surface area (Å²) in [5, 5.41) is 13.1. The molecule has 1 unspecified atom stereocenters. The van der Waals surface area contributed by atoms with Crippen molar-refractivity contribution >= 4 is 6.03 Å². The Hall–Kier alpha value is -3.65. The number of halogens is 1. The molecule has 3 aromatic rings. The van der Waals surface area contributed by atoms with Crippen LogP contribution in [0.4, 0.5) is 9.18 Å². The van der Waals surface area contributed by atoms with Crippen molar-refractivity contribution in [2.45, 2.75) is 32.0 Å². The number of carbonyl (C=O) groups excluding carboxylic acids is 1. The second-order valence-corrected chi connectivity index (χ2v) is 7.83. The summed E-state index contributed by atoms with van der Waals surface area (Å²) in [4.78, 5) is 19.0. The van der Waals surface area contributed by atoms with Crippen LogP contribution in [0.2, 0.25) is 0 Å². The number of benzene rings is 2. The summed E-state index contributed by atoms with van der Waals surface area (Å²) in [6.45, 7) is 1.52.